The molecule has 2 aromatic heterocycles. The first-order valence-electron chi connectivity index (χ1n) is 8.29. The highest BCUT2D eigenvalue weighted by Crippen LogP contribution is 2.32. The summed E-state index contributed by atoms with van der Waals surface area (Å²) in [6, 6.07) is 5.34. The first-order chi connectivity index (χ1) is 13.9. The monoisotopic (exact) mass is 464 g/mol. The van der Waals surface area contributed by atoms with Crippen molar-refractivity contribution in [2.45, 2.75) is 20.0 Å². The van der Waals surface area contributed by atoms with Gasteiger partial charge in [-0.25, -0.2) is 0 Å². The van der Waals surface area contributed by atoms with Gasteiger partial charge in [0.25, 0.3) is 0 Å². The predicted octanol–water partition coefficient (Wildman–Crippen LogP) is 1.95. The molecule has 0 unspecified atom stereocenters. The second kappa shape index (κ2) is 7.50. The molecule has 0 fully saturated rings. The molecule has 29 heavy (non-hydrogen) atoms. The maximum absolute atomic E-state index is 12.2. The summed E-state index contributed by atoms with van der Waals surface area (Å²) in [5.74, 6) is 0.345. The Hall–Kier alpha value is -3.48. The highest BCUT2D eigenvalue weighted by Gasteiger charge is 2.25. The van der Waals surface area contributed by atoms with Crippen LogP contribution < -0.4 is 14.8 Å². The molecule has 1 aliphatic rings. The zero-order chi connectivity index (χ0) is 20.5. The Labute approximate surface area is 171 Å². The van der Waals surface area contributed by atoms with Crippen LogP contribution in [0.1, 0.15) is 27.8 Å². The van der Waals surface area contributed by atoms with Crippen LogP contribution in [-0.4, -0.2) is 37.5 Å². The number of carbonyl (C=O) groups is 1. The Morgan fingerprint density at radius 3 is 2.93 bits per heavy atom. The van der Waals surface area contributed by atoms with Crippen LogP contribution in [0.5, 0.6) is 11.5 Å². The quantitative estimate of drug-likeness (QED) is 0.426. The Bertz CT molecular complexity index is 1110. The summed E-state index contributed by atoms with van der Waals surface area (Å²) < 4.78 is 17.1. The molecule has 3 aromatic rings. The van der Waals surface area contributed by atoms with E-state index in [1.54, 1.807) is 25.1 Å². The van der Waals surface area contributed by atoms with Crippen molar-refractivity contribution in [1.29, 1.82) is 0 Å². The molecule has 0 radical (unpaired) electrons. The predicted molar refractivity (Wildman–Crippen MR) is 98.5 cm³/mol. The van der Waals surface area contributed by atoms with Gasteiger partial charge in [-0.3, -0.25) is 4.79 Å². The maximum Gasteiger partial charge on any atom is 0.404 e. The van der Waals surface area contributed by atoms with Crippen molar-refractivity contribution in [1.82, 2.24) is 25.2 Å². The van der Waals surface area contributed by atoms with Gasteiger partial charge >= 0.3 is 17.6 Å². The maximum atomic E-state index is 12.2. The SMILES string of the molecule is Cc1c(Br)c([N+](=O)[O-])nn1Cc1noc(C(=O)NCc2ccc3c(c2)OCO3)n1. The van der Waals surface area contributed by atoms with Gasteiger partial charge < -0.3 is 29.4 Å². The number of fused-ring (bicyclic) bond motifs is 1. The molecule has 0 aliphatic carbocycles. The summed E-state index contributed by atoms with van der Waals surface area (Å²) in [5, 5.41) is 21.3. The fourth-order valence-electron chi connectivity index (χ4n) is 2.63. The summed E-state index contributed by atoms with van der Waals surface area (Å²) in [6.45, 7) is 2.07. The first-order valence-corrected chi connectivity index (χ1v) is 9.08. The van der Waals surface area contributed by atoms with Gasteiger partial charge in [-0.05, 0) is 45.5 Å². The number of amides is 1. The second-order valence-electron chi connectivity index (χ2n) is 6.02. The van der Waals surface area contributed by atoms with E-state index >= 15 is 0 Å². The molecular formula is C16H13BrN6O6. The van der Waals surface area contributed by atoms with Gasteiger partial charge in [0, 0.05) is 6.54 Å². The van der Waals surface area contributed by atoms with Crippen molar-refractivity contribution < 1.29 is 23.7 Å². The lowest BCUT2D eigenvalue weighted by Gasteiger charge is -2.03. The largest absolute Gasteiger partial charge is 0.454 e. The highest BCUT2D eigenvalue weighted by atomic mass is 79.9. The van der Waals surface area contributed by atoms with Gasteiger partial charge in [0.15, 0.2) is 17.3 Å². The van der Waals surface area contributed by atoms with E-state index in [0.29, 0.717) is 17.2 Å². The number of halogens is 1. The second-order valence-corrected chi connectivity index (χ2v) is 6.82. The number of ether oxygens (including phenoxy) is 2. The van der Waals surface area contributed by atoms with Crippen molar-refractivity contribution in [2.75, 3.05) is 6.79 Å². The summed E-state index contributed by atoms with van der Waals surface area (Å²) in [7, 11) is 0. The fourth-order valence-corrected chi connectivity index (χ4v) is 3.06. The number of rotatable bonds is 6. The lowest BCUT2D eigenvalue weighted by atomic mass is 10.2. The Morgan fingerprint density at radius 1 is 1.38 bits per heavy atom. The molecule has 1 amide bonds. The van der Waals surface area contributed by atoms with Crippen LogP contribution in [0.3, 0.4) is 0 Å². The number of hydrogen-bond acceptors (Lipinski definition) is 9. The highest BCUT2D eigenvalue weighted by molar-refractivity contribution is 9.10. The molecule has 4 rings (SSSR count). The minimum atomic E-state index is -0.598. The standard InChI is InChI=1S/C16H13BrN6O6/c1-8-13(17)14(23(25)26)20-22(8)6-12-19-16(29-21-12)15(24)18-5-9-2-3-10-11(4-9)28-7-27-10/h2-4H,5-7H2,1H3,(H,18,24). The van der Waals surface area contributed by atoms with E-state index in [0.717, 1.165) is 5.56 Å². The summed E-state index contributed by atoms with van der Waals surface area (Å²) in [4.78, 5) is 26.6. The molecule has 1 aliphatic heterocycles. The molecule has 12 nitrogen and oxygen atoms in total. The zero-order valence-electron chi connectivity index (χ0n) is 14.9. The number of nitro groups is 1. The third kappa shape index (κ3) is 3.76. The summed E-state index contributed by atoms with van der Waals surface area (Å²) >= 11 is 3.13. The van der Waals surface area contributed by atoms with Crippen molar-refractivity contribution in [2.24, 2.45) is 0 Å². The van der Waals surface area contributed by atoms with E-state index < -0.39 is 10.8 Å². The Kier molecular flexibility index (Phi) is 4.88. The molecule has 13 heteroatoms. The number of nitrogens with one attached hydrogen (secondary N) is 1. The van der Waals surface area contributed by atoms with Crippen LogP contribution in [0.25, 0.3) is 0 Å². The molecular weight excluding hydrogens is 452 g/mol. The van der Waals surface area contributed by atoms with Crippen LogP contribution in [0.4, 0.5) is 5.82 Å². The summed E-state index contributed by atoms with van der Waals surface area (Å²) in [6.07, 6.45) is 0. The van der Waals surface area contributed by atoms with Gasteiger partial charge in [0.2, 0.25) is 6.79 Å². The lowest BCUT2D eigenvalue weighted by molar-refractivity contribution is -0.390. The minimum absolute atomic E-state index is 0.0111. The van der Waals surface area contributed by atoms with Crippen LogP contribution in [-0.2, 0) is 13.1 Å². The van der Waals surface area contributed by atoms with E-state index in [9.17, 15) is 14.9 Å². The van der Waals surface area contributed by atoms with Crippen LogP contribution >= 0.6 is 15.9 Å². The third-order valence-corrected chi connectivity index (χ3v) is 5.06. The average Bonchev–Trinajstić information content (AvgIpc) is 3.42. The third-order valence-electron chi connectivity index (χ3n) is 4.13. The topological polar surface area (TPSA) is 147 Å². The van der Waals surface area contributed by atoms with E-state index in [4.69, 9.17) is 14.0 Å². The average molecular weight is 465 g/mol. The van der Waals surface area contributed by atoms with Gasteiger partial charge in [-0.1, -0.05) is 11.2 Å². The van der Waals surface area contributed by atoms with E-state index in [1.807, 2.05) is 0 Å². The molecule has 150 valence electrons. The molecule has 0 saturated carbocycles. The van der Waals surface area contributed by atoms with Gasteiger partial charge in [-0.15, -0.1) is 0 Å². The number of benzene rings is 1. The number of nitrogens with zero attached hydrogens (tertiary/aromatic N) is 5. The number of hydrogen-bond donors (Lipinski definition) is 1. The Balaban J connectivity index is 1.40. The normalized spacial score (nSPS) is 12.2. The zero-order valence-corrected chi connectivity index (χ0v) is 16.5. The van der Waals surface area contributed by atoms with Gasteiger partial charge in [0.1, 0.15) is 11.0 Å². The van der Waals surface area contributed by atoms with Crippen molar-refractivity contribution in [3.8, 4) is 11.5 Å². The van der Waals surface area contributed by atoms with Crippen molar-refractivity contribution in [3.05, 3.63) is 55.8 Å². The first kappa shape index (κ1) is 18.9. The van der Waals surface area contributed by atoms with Crippen LogP contribution in [0.15, 0.2) is 27.2 Å². The number of carbonyl (C=O) groups excluding carboxylic acids is 1. The lowest BCUT2D eigenvalue weighted by Crippen LogP contribution is -2.23. The van der Waals surface area contributed by atoms with E-state index in [-0.39, 0.29) is 41.9 Å². The number of aromatic nitrogens is 4. The molecule has 0 saturated heterocycles. The van der Waals surface area contributed by atoms with Gasteiger partial charge in [0.05, 0.1) is 10.8 Å². The van der Waals surface area contributed by atoms with E-state index in [2.05, 4.69) is 36.5 Å². The molecule has 1 N–H and O–H groups in total. The van der Waals surface area contributed by atoms with Gasteiger partial charge in [-0.2, -0.15) is 9.67 Å². The fraction of sp³-hybridized carbons (Fsp3) is 0.250. The molecule has 3 heterocycles. The van der Waals surface area contributed by atoms with E-state index in [1.165, 1.54) is 4.68 Å². The van der Waals surface area contributed by atoms with Crippen molar-refractivity contribution >= 4 is 27.7 Å². The molecule has 0 bridgehead atoms. The smallest absolute Gasteiger partial charge is 0.404 e. The minimum Gasteiger partial charge on any atom is -0.454 e. The Morgan fingerprint density at radius 2 is 2.17 bits per heavy atom. The van der Waals surface area contributed by atoms with Crippen molar-refractivity contribution in [3.63, 3.8) is 0 Å². The molecule has 0 spiro atoms. The molecule has 0 atom stereocenters. The van der Waals surface area contributed by atoms with Crippen LogP contribution in [0, 0.1) is 17.0 Å². The van der Waals surface area contributed by atoms with Crippen LogP contribution in [0.2, 0.25) is 0 Å². The summed E-state index contributed by atoms with van der Waals surface area (Å²) in [5.41, 5.74) is 1.34. The molecule has 1 aromatic carbocycles.